The number of carbonyl (C=O) groups is 1. The number of esters is 1. The standard InChI is InChI=1S/C28H21O3S/c1-18-11-16-24(19(2)17-18)31-28(30)20-12-14-21(15-13-20)32-25-9-5-3-7-22(25)27(29)23-8-4-6-10-26(23)32/h3-17H,1-2H3/q+1. The van der Waals surface area contributed by atoms with Gasteiger partial charge in [-0.1, -0.05) is 42.0 Å². The Bertz CT molecular complexity index is 1490. The zero-order valence-corrected chi connectivity index (χ0v) is 18.6. The van der Waals surface area contributed by atoms with Crippen LogP contribution in [0.3, 0.4) is 0 Å². The molecular weight excluding hydrogens is 416 g/mol. The van der Waals surface area contributed by atoms with Crippen molar-refractivity contribution in [3.63, 3.8) is 0 Å². The van der Waals surface area contributed by atoms with Gasteiger partial charge in [-0.2, -0.15) is 0 Å². The Morgan fingerprint density at radius 1 is 0.750 bits per heavy atom. The first-order chi connectivity index (χ1) is 15.5. The van der Waals surface area contributed by atoms with Crippen molar-refractivity contribution in [2.45, 2.75) is 13.8 Å². The molecule has 4 heteroatoms. The van der Waals surface area contributed by atoms with Crippen molar-refractivity contribution >= 4 is 36.6 Å². The summed E-state index contributed by atoms with van der Waals surface area (Å²) in [5.41, 5.74) is 2.61. The number of carbonyl (C=O) groups excluding carboxylic acids is 1. The second-order valence-electron chi connectivity index (χ2n) is 7.81. The van der Waals surface area contributed by atoms with Crippen molar-refractivity contribution in [2.24, 2.45) is 0 Å². The van der Waals surface area contributed by atoms with E-state index in [1.54, 1.807) is 12.1 Å². The summed E-state index contributed by atoms with van der Waals surface area (Å²) in [6, 6.07) is 28.8. The first-order valence-corrected chi connectivity index (χ1v) is 11.6. The minimum atomic E-state index is -0.417. The monoisotopic (exact) mass is 437 g/mol. The van der Waals surface area contributed by atoms with E-state index in [9.17, 15) is 9.59 Å². The highest BCUT2D eigenvalue weighted by Gasteiger charge is 2.23. The van der Waals surface area contributed by atoms with Crippen LogP contribution in [-0.2, 0) is 0 Å². The molecule has 32 heavy (non-hydrogen) atoms. The van der Waals surface area contributed by atoms with Crippen molar-refractivity contribution in [2.75, 3.05) is 0 Å². The molecule has 0 aliphatic heterocycles. The Hall–Kier alpha value is -3.76. The number of hydrogen-bond acceptors (Lipinski definition) is 3. The van der Waals surface area contributed by atoms with Gasteiger partial charge in [-0.25, -0.2) is 4.79 Å². The average molecular weight is 438 g/mol. The van der Waals surface area contributed by atoms with Crippen molar-refractivity contribution in [1.82, 2.24) is 0 Å². The molecule has 1 heterocycles. The summed E-state index contributed by atoms with van der Waals surface area (Å²) in [4.78, 5) is 26.8. The van der Waals surface area contributed by atoms with Gasteiger partial charge < -0.3 is 4.74 Å². The molecule has 4 aromatic carbocycles. The first kappa shape index (κ1) is 20.2. The van der Waals surface area contributed by atoms with E-state index in [1.165, 1.54) is 0 Å². The van der Waals surface area contributed by atoms with Crippen LogP contribution >= 0.6 is 10.5 Å². The second kappa shape index (κ2) is 8.06. The van der Waals surface area contributed by atoms with E-state index in [2.05, 4.69) is 0 Å². The Morgan fingerprint density at radius 3 is 1.94 bits per heavy atom. The van der Waals surface area contributed by atoms with E-state index in [-0.39, 0.29) is 11.4 Å². The quantitative estimate of drug-likeness (QED) is 0.133. The lowest BCUT2D eigenvalue weighted by molar-refractivity contribution is 0.0733. The largest absolute Gasteiger partial charge is 0.423 e. The van der Waals surface area contributed by atoms with Crippen molar-refractivity contribution in [1.29, 1.82) is 0 Å². The van der Waals surface area contributed by atoms with Gasteiger partial charge >= 0.3 is 5.97 Å². The molecule has 0 saturated carbocycles. The molecule has 0 bridgehead atoms. The van der Waals surface area contributed by atoms with Crippen molar-refractivity contribution < 1.29 is 9.53 Å². The zero-order valence-electron chi connectivity index (χ0n) is 17.8. The summed E-state index contributed by atoms with van der Waals surface area (Å²) in [6.45, 7) is 3.94. The highest BCUT2D eigenvalue weighted by atomic mass is 32.2. The van der Waals surface area contributed by atoms with Crippen molar-refractivity contribution in [3.05, 3.63) is 118 Å². The molecule has 0 fully saturated rings. The SMILES string of the molecule is Cc1ccc(OC(=O)c2ccc(-[s+]3c4ccccc4c(=O)c4ccccc43)cc2)c(C)c1. The summed E-state index contributed by atoms with van der Waals surface area (Å²) in [5, 5.41) is 1.49. The van der Waals surface area contributed by atoms with Crippen LogP contribution < -0.4 is 10.2 Å². The lowest BCUT2D eigenvalue weighted by Crippen LogP contribution is -2.09. The molecule has 156 valence electrons. The fourth-order valence-electron chi connectivity index (χ4n) is 3.98. The van der Waals surface area contributed by atoms with E-state index in [1.807, 2.05) is 92.7 Å². The molecule has 0 spiro atoms. The fraction of sp³-hybridized carbons (Fsp3) is 0.0714. The second-order valence-corrected chi connectivity index (χ2v) is 9.77. The number of ether oxygens (including phenoxy) is 1. The summed E-state index contributed by atoms with van der Waals surface area (Å²) < 4.78 is 7.65. The summed E-state index contributed by atoms with van der Waals surface area (Å²) in [7, 11) is -0.417. The molecule has 0 saturated heterocycles. The lowest BCUT2D eigenvalue weighted by atomic mass is 10.1. The number of benzene rings is 4. The number of rotatable bonds is 3. The summed E-state index contributed by atoms with van der Waals surface area (Å²) in [5.74, 6) is 0.187. The van der Waals surface area contributed by atoms with E-state index in [0.29, 0.717) is 11.3 Å². The predicted molar refractivity (Wildman–Crippen MR) is 132 cm³/mol. The molecule has 5 rings (SSSR count). The van der Waals surface area contributed by atoms with Gasteiger partial charge in [-0.3, -0.25) is 4.79 Å². The molecule has 0 amide bonds. The summed E-state index contributed by atoms with van der Waals surface area (Å²) in [6.07, 6.45) is 0. The fourth-order valence-corrected chi connectivity index (χ4v) is 6.33. The maximum atomic E-state index is 13.0. The van der Waals surface area contributed by atoms with Crippen LogP contribution in [-0.4, -0.2) is 5.97 Å². The molecule has 5 aromatic rings. The number of hydrogen-bond donors (Lipinski definition) is 0. The third kappa shape index (κ3) is 3.49. The Labute approximate surface area is 188 Å². The Kier molecular flexibility index (Phi) is 5.08. The van der Waals surface area contributed by atoms with Gasteiger partial charge in [0, 0.05) is 10.5 Å². The number of fused-ring (bicyclic) bond motifs is 2. The van der Waals surface area contributed by atoms with Gasteiger partial charge in [-0.05, 0) is 74.0 Å². The third-order valence-electron chi connectivity index (χ3n) is 5.56. The van der Waals surface area contributed by atoms with E-state index >= 15 is 0 Å². The number of aryl methyl sites for hydroxylation is 2. The van der Waals surface area contributed by atoms with Gasteiger partial charge in [0.25, 0.3) is 0 Å². The molecule has 0 radical (unpaired) electrons. The highest BCUT2D eigenvalue weighted by molar-refractivity contribution is 7.49. The normalized spacial score (nSPS) is 11.1. The zero-order chi connectivity index (χ0) is 22.2. The molecule has 0 atom stereocenters. The minimum Gasteiger partial charge on any atom is -0.423 e. The predicted octanol–water partition coefficient (Wildman–Crippen LogP) is 6.93. The van der Waals surface area contributed by atoms with Crippen LogP contribution in [0.4, 0.5) is 0 Å². The smallest absolute Gasteiger partial charge is 0.343 e. The van der Waals surface area contributed by atoms with Crippen LogP contribution in [0, 0.1) is 13.8 Å². The van der Waals surface area contributed by atoms with E-state index < -0.39 is 10.5 Å². The van der Waals surface area contributed by atoms with Gasteiger partial charge in [0.1, 0.15) is 5.75 Å². The molecule has 1 aromatic heterocycles. The molecule has 0 N–H and O–H groups in total. The molecule has 3 nitrogen and oxygen atoms in total. The van der Waals surface area contributed by atoms with E-state index in [0.717, 1.165) is 36.2 Å². The van der Waals surface area contributed by atoms with Gasteiger partial charge in [0.2, 0.25) is 5.43 Å². The van der Waals surface area contributed by atoms with Crippen molar-refractivity contribution in [3.8, 4) is 10.6 Å². The molecular formula is C28H21O3S+. The third-order valence-corrected chi connectivity index (χ3v) is 7.90. The van der Waals surface area contributed by atoms with Crippen LogP contribution in [0.2, 0.25) is 0 Å². The van der Waals surface area contributed by atoms with Crippen LogP contribution in [0.5, 0.6) is 5.75 Å². The highest BCUT2D eigenvalue weighted by Crippen LogP contribution is 2.43. The Balaban J connectivity index is 1.57. The average Bonchev–Trinajstić information content (AvgIpc) is 2.81. The Morgan fingerprint density at radius 2 is 1.34 bits per heavy atom. The van der Waals surface area contributed by atoms with Crippen LogP contribution in [0.25, 0.3) is 25.1 Å². The molecule has 0 aliphatic carbocycles. The van der Waals surface area contributed by atoms with Gasteiger partial charge in [-0.15, -0.1) is 0 Å². The van der Waals surface area contributed by atoms with Crippen LogP contribution in [0.1, 0.15) is 21.5 Å². The van der Waals surface area contributed by atoms with E-state index in [4.69, 9.17) is 4.74 Å². The molecule has 0 aliphatic rings. The minimum absolute atomic E-state index is 0.0635. The maximum Gasteiger partial charge on any atom is 0.343 e. The molecule has 0 unspecified atom stereocenters. The van der Waals surface area contributed by atoms with Gasteiger partial charge in [0.05, 0.1) is 16.3 Å². The first-order valence-electron chi connectivity index (χ1n) is 10.4. The summed E-state index contributed by atoms with van der Waals surface area (Å²) >= 11 is 0. The maximum absolute atomic E-state index is 13.0. The van der Waals surface area contributed by atoms with Gasteiger partial charge in [0.15, 0.2) is 14.3 Å². The lowest BCUT2D eigenvalue weighted by Gasteiger charge is -2.08. The van der Waals surface area contributed by atoms with Crippen LogP contribution in [0.15, 0.2) is 95.8 Å². The topological polar surface area (TPSA) is 43.4 Å².